The molecule has 0 N–H and O–H groups in total. The predicted molar refractivity (Wildman–Crippen MR) is 45.3 cm³/mol. The summed E-state index contributed by atoms with van der Waals surface area (Å²) >= 11 is 0. The molecule has 0 spiro atoms. The maximum Gasteiger partial charge on any atom is 0.139 e. The van der Waals surface area contributed by atoms with Gasteiger partial charge in [-0.2, -0.15) is 0 Å². The van der Waals surface area contributed by atoms with Gasteiger partial charge in [0.15, 0.2) is 0 Å². The van der Waals surface area contributed by atoms with Gasteiger partial charge in [0.2, 0.25) is 0 Å². The number of hydrogen-bond acceptors (Lipinski definition) is 1. The van der Waals surface area contributed by atoms with Crippen LogP contribution in [0.3, 0.4) is 0 Å². The second-order valence-electron chi connectivity index (χ2n) is 2.36. The van der Waals surface area contributed by atoms with E-state index >= 15 is 0 Å². The first-order valence-electron chi connectivity index (χ1n) is 3.38. The Labute approximate surface area is 62.4 Å². The minimum atomic E-state index is 0.715. The number of benzene rings is 1. The van der Waals surface area contributed by atoms with Gasteiger partial charge >= 0.3 is 0 Å². The van der Waals surface area contributed by atoms with E-state index in [-0.39, 0.29) is 0 Å². The van der Waals surface area contributed by atoms with Crippen molar-refractivity contribution < 1.29 is 4.74 Å². The number of ether oxygens (including phenoxy) is 1. The molecule has 10 heavy (non-hydrogen) atoms. The molecule has 0 aliphatic heterocycles. The van der Waals surface area contributed by atoms with Crippen LogP contribution < -0.4 is 5.46 Å². The lowest BCUT2D eigenvalue weighted by molar-refractivity contribution is 0.185. The van der Waals surface area contributed by atoms with Crippen molar-refractivity contribution in [1.29, 1.82) is 0 Å². The van der Waals surface area contributed by atoms with E-state index in [0.717, 1.165) is 0 Å². The quantitative estimate of drug-likeness (QED) is 0.521. The average molecular weight is 134 g/mol. The van der Waals surface area contributed by atoms with Gasteiger partial charge in [0.05, 0.1) is 6.61 Å². The highest BCUT2D eigenvalue weighted by atomic mass is 16.5. The van der Waals surface area contributed by atoms with Crippen molar-refractivity contribution in [1.82, 2.24) is 0 Å². The van der Waals surface area contributed by atoms with Gasteiger partial charge in [0.1, 0.15) is 7.85 Å². The summed E-state index contributed by atoms with van der Waals surface area (Å²) in [5, 5.41) is 0. The summed E-state index contributed by atoms with van der Waals surface area (Å²) in [6.07, 6.45) is 0. The highest BCUT2D eigenvalue weighted by molar-refractivity contribution is 6.33. The molecule has 1 aromatic carbocycles. The van der Waals surface area contributed by atoms with Gasteiger partial charge in [0, 0.05) is 7.11 Å². The van der Waals surface area contributed by atoms with Gasteiger partial charge in [-0.3, -0.25) is 0 Å². The molecule has 0 aromatic heterocycles. The summed E-state index contributed by atoms with van der Waals surface area (Å²) in [6, 6.07) is 8.24. The standard InChI is InChI=1S/C8H11BO/c1-10-6-7-4-2-3-5-8(7)9/h2-5H,6,9H2,1H3. The summed E-state index contributed by atoms with van der Waals surface area (Å²) < 4.78 is 5.01. The Hall–Kier alpha value is -0.755. The van der Waals surface area contributed by atoms with Crippen LogP contribution in [0, 0.1) is 0 Å². The van der Waals surface area contributed by atoms with Crippen LogP contribution in [0.1, 0.15) is 5.56 Å². The number of rotatable bonds is 2. The van der Waals surface area contributed by atoms with Gasteiger partial charge in [-0.05, 0) is 5.56 Å². The molecule has 1 aromatic rings. The normalized spacial score (nSPS) is 9.70. The Morgan fingerprint density at radius 1 is 1.40 bits per heavy atom. The third-order valence-corrected chi connectivity index (χ3v) is 1.56. The van der Waals surface area contributed by atoms with Gasteiger partial charge in [-0.1, -0.05) is 29.7 Å². The highest BCUT2D eigenvalue weighted by Gasteiger charge is 1.92. The predicted octanol–water partition coefficient (Wildman–Crippen LogP) is 0.0914. The second-order valence-corrected chi connectivity index (χ2v) is 2.36. The summed E-state index contributed by atoms with van der Waals surface area (Å²) in [5.74, 6) is 0. The molecular formula is C8H11BO. The minimum absolute atomic E-state index is 0.715. The van der Waals surface area contributed by atoms with E-state index in [0.29, 0.717) is 6.61 Å². The highest BCUT2D eigenvalue weighted by Crippen LogP contribution is 1.94. The molecule has 0 radical (unpaired) electrons. The van der Waals surface area contributed by atoms with Crippen molar-refractivity contribution in [2.45, 2.75) is 6.61 Å². The first-order valence-corrected chi connectivity index (χ1v) is 3.38. The molecule has 0 saturated heterocycles. The lowest BCUT2D eigenvalue weighted by atomic mass is 9.91. The number of hydrogen-bond donors (Lipinski definition) is 0. The zero-order valence-corrected chi connectivity index (χ0v) is 6.42. The third-order valence-electron chi connectivity index (χ3n) is 1.56. The Morgan fingerprint density at radius 3 is 2.70 bits per heavy atom. The first kappa shape index (κ1) is 7.35. The molecule has 1 nitrogen and oxygen atoms in total. The average Bonchev–Trinajstić information content (AvgIpc) is 1.94. The van der Waals surface area contributed by atoms with E-state index in [2.05, 4.69) is 20.0 Å². The molecule has 52 valence electrons. The Balaban J connectivity index is 2.81. The van der Waals surface area contributed by atoms with Crippen molar-refractivity contribution in [2.24, 2.45) is 0 Å². The summed E-state index contributed by atoms with van der Waals surface area (Å²) in [5.41, 5.74) is 2.56. The topological polar surface area (TPSA) is 9.23 Å². The zero-order valence-electron chi connectivity index (χ0n) is 6.42. The van der Waals surface area contributed by atoms with Crippen LogP contribution >= 0.6 is 0 Å². The SMILES string of the molecule is Bc1ccccc1COC. The van der Waals surface area contributed by atoms with Crippen LogP contribution in [0.2, 0.25) is 0 Å². The van der Waals surface area contributed by atoms with Crippen molar-refractivity contribution >= 4 is 13.3 Å². The van der Waals surface area contributed by atoms with Crippen molar-refractivity contribution in [3.05, 3.63) is 29.8 Å². The van der Waals surface area contributed by atoms with E-state index in [4.69, 9.17) is 4.74 Å². The fourth-order valence-corrected chi connectivity index (χ4v) is 0.928. The summed E-state index contributed by atoms with van der Waals surface area (Å²) in [7, 11) is 3.81. The Bertz CT molecular complexity index is 210. The van der Waals surface area contributed by atoms with Crippen LogP contribution in [0.4, 0.5) is 0 Å². The number of methoxy groups -OCH3 is 1. The minimum Gasteiger partial charge on any atom is -0.380 e. The molecule has 0 atom stereocenters. The molecule has 1 rings (SSSR count). The van der Waals surface area contributed by atoms with E-state index in [1.54, 1.807) is 7.11 Å². The third kappa shape index (κ3) is 1.61. The summed E-state index contributed by atoms with van der Waals surface area (Å²) in [4.78, 5) is 0. The molecule has 0 saturated carbocycles. The van der Waals surface area contributed by atoms with Crippen molar-refractivity contribution in [3.8, 4) is 0 Å². The Kier molecular flexibility index (Phi) is 2.52. The fourth-order valence-electron chi connectivity index (χ4n) is 0.928. The molecule has 0 bridgehead atoms. The molecule has 0 unspecified atom stereocenters. The Morgan fingerprint density at radius 2 is 2.10 bits per heavy atom. The summed E-state index contributed by atoms with van der Waals surface area (Å²) in [6.45, 7) is 0.715. The lowest BCUT2D eigenvalue weighted by Gasteiger charge is -2.01. The molecule has 0 aliphatic carbocycles. The van der Waals surface area contributed by atoms with E-state index in [1.165, 1.54) is 11.0 Å². The molecule has 0 fully saturated rings. The molecule has 0 aliphatic rings. The second kappa shape index (κ2) is 3.42. The monoisotopic (exact) mass is 134 g/mol. The van der Waals surface area contributed by atoms with E-state index in [1.807, 2.05) is 12.1 Å². The molecule has 2 heteroatoms. The van der Waals surface area contributed by atoms with Crippen LogP contribution in [-0.2, 0) is 11.3 Å². The van der Waals surface area contributed by atoms with Crippen molar-refractivity contribution in [2.75, 3.05) is 7.11 Å². The van der Waals surface area contributed by atoms with Crippen molar-refractivity contribution in [3.63, 3.8) is 0 Å². The van der Waals surface area contributed by atoms with Gasteiger partial charge in [0.25, 0.3) is 0 Å². The molecule has 0 amide bonds. The van der Waals surface area contributed by atoms with E-state index < -0.39 is 0 Å². The van der Waals surface area contributed by atoms with Gasteiger partial charge in [-0.15, -0.1) is 0 Å². The van der Waals surface area contributed by atoms with Crippen LogP contribution in [0.25, 0.3) is 0 Å². The molecular weight excluding hydrogens is 123 g/mol. The maximum absolute atomic E-state index is 5.01. The van der Waals surface area contributed by atoms with Gasteiger partial charge in [-0.25, -0.2) is 0 Å². The first-order chi connectivity index (χ1) is 4.84. The zero-order chi connectivity index (χ0) is 7.40. The van der Waals surface area contributed by atoms with Crippen LogP contribution in [-0.4, -0.2) is 15.0 Å². The molecule has 0 heterocycles. The lowest BCUT2D eigenvalue weighted by Crippen LogP contribution is -2.09. The van der Waals surface area contributed by atoms with E-state index in [9.17, 15) is 0 Å². The van der Waals surface area contributed by atoms with Crippen LogP contribution in [0.5, 0.6) is 0 Å². The smallest absolute Gasteiger partial charge is 0.139 e. The van der Waals surface area contributed by atoms with Gasteiger partial charge < -0.3 is 4.74 Å². The largest absolute Gasteiger partial charge is 0.380 e. The maximum atomic E-state index is 5.01. The van der Waals surface area contributed by atoms with Crippen LogP contribution in [0.15, 0.2) is 24.3 Å². The fraction of sp³-hybridized carbons (Fsp3) is 0.250.